The average Bonchev–Trinajstić information content (AvgIpc) is 2.76. The second-order valence-corrected chi connectivity index (χ2v) is 6.44. The lowest BCUT2D eigenvalue weighted by Crippen LogP contribution is -2.37. The first kappa shape index (κ1) is 18.2. The zero-order chi connectivity index (χ0) is 19.3. The van der Waals surface area contributed by atoms with Gasteiger partial charge in [-0.3, -0.25) is 4.98 Å². The predicted molar refractivity (Wildman–Crippen MR) is 109 cm³/mol. The van der Waals surface area contributed by atoms with E-state index < -0.39 is 0 Å². The molecule has 0 spiro atoms. The highest BCUT2D eigenvalue weighted by Crippen LogP contribution is 2.38. The van der Waals surface area contributed by atoms with Gasteiger partial charge in [-0.25, -0.2) is 9.97 Å². The summed E-state index contributed by atoms with van der Waals surface area (Å²) in [6.07, 6.45) is 3.54. The van der Waals surface area contributed by atoms with E-state index in [0.717, 1.165) is 35.7 Å². The van der Waals surface area contributed by atoms with Crippen molar-refractivity contribution in [1.29, 1.82) is 0 Å². The van der Waals surface area contributed by atoms with Crippen molar-refractivity contribution < 1.29 is 9.47 Å². The van der Waals surface area contributed by atoms with Gasteiger partial charge in [-0.1, -0.05) is 0 Å². The molecular formula is C21H23N5O2. The van der Waals surface area contributed by atoms with Gasteiger partial charge in [0.15, 0.2) is 17.4 Å². The lowest BCUT2D eigenvalue weighted by molar-refractivity contribution is 0.122. The molecule has 1 aliphatic heterocycles. The highest BCUT2D eigenvalue weighted by Gasteiger charge is 2.24. The monoisotopic (exact) mass is 377 g/mol. The van der Waals surface area contributed by atoms with E-state index in [-0.39, 0.29) is 0 Å². The molecule has 0 atom stereocenters. The first-order chi connectivity index (χ1) is 13.8. The largest absolute Gasteiger partial charge is 0.488 e. The van der Waals surface area contributed by atoms with Crippen LogP contribution in [0.15, 0.2) is 48.8 Å². The summed E-state index contributed by atoms with van der Waals surface area (Å²) in [6.45, 7) is 5.32. The second kappa shape index (κ2) is 8.22. The van der Waals surface area contributed by atoms with Crippen molar-refractivity contribution in [3.63, 3.8) is 0 Å². The van der Waals surface area contributed by atoms with E-state index in [1.165, 1.54) is 0 Å². The Morgan fingerprint density at radius 1 is 1.07 bits per heavy atom. The van der Waals surface area contributed by atoms with Crippen LogP contribution in [0.3, 0.4) is 0 Å². The Morgan fingerprint density at radius 2 is 1.86 bits per heavy atom. The van der Waals surface area contributed by atoms with Crippen LogP contribution in [0.1, 0.15) is 6.92 Å². The average molecular weight is 377 g/mol. The smallest absolute Gasteiger partial charge is 0.188 e. The molecule has 28 heavy (non-hydrogen) atoms. The Labute approximate surface area is 164 Å². The number of nitrogens with two attached hydrogens (primary N) is 1. The van der Waals surface area contributed by atoms with Crippen LogP contribution < -0.4 is 15.4 Å². The van der Waals surface area contributed by atoms with E-state index >= 15 is 0 Å². The molecule has 7 heteroatoms. The van der Waals surface area contributed by atoms with Crippen molar-refractivity contribution in [3.05, 3.63) is 48.8 Å². The van der Waals surface area contributed by atoms with Crippen LogP contribution in [0.25, 0.3) is 22.6 Å². The quantitative estimate of drug-likeness (QED) is 0.684. The van der Waals surface area contributed by atoms with Crippen molar-refractivity contribution in [2.45, 2.75) is 6.92 Å². The molecule has 7 nitrogen and oxygen atoms in total. The summed E-state index contributed by atoms with van der Waals surface area (Å²) in [5.41, 5.74) is 9.07. The number of morpholine rings is 1. The van der Waals surface area contributed by atoms with Gasteiger partial charge in [0.25, 0.3) is 0 Å². The maximum absolute atomic E-state index is 6.03. The summed E-state index contributed by atoms with van der Waals surface area (Å²) in [4.78, 5) is 16.2. The Hall–Kier alpha value is -3.19. The van der Waals surface area contributed by atoms with Crippen LogP contribution in [0.5, 0.6) is 5.75 Å². The number of hydrogen-bond donors (Lipinski definition) is 1. The van der Waals surface area contributed by atoms with Crippen molar-refractivity contribution in [3.8, 4) is 28.4 Å². The minimum atomic E-state index is 0.523. The molecule has 0 saturated carbocycles. The maximum Gasteiger partial charge on any atom is 0.188 e. The first-order valence-electron chi connectivity index (χ1n) is 9.40. The highest BCUT2D eigenvalue weighted by molar-refractivity contribution is 5.76. The Morgan fingerprint density at radius 3 is 2.54 bits per heavy atom. The maximum atomic E-state index is 6.03. The number of benzene rings is 1. The molecular weight excluding hydrogens is 354 g/mol. The summed E-state index contributed by atoms with van der Waals surface area (Å²) in [7, 11) is 0. The predicted octanol–water partition coefficient (Wildman–Crippen LogP) is 3.02. The summed E-state index contributed by atoms with van der Waals surface area (Å²) in [5.74, 6) is 2.09. The molecule has 0 radical (unpaired) electrons. The molecule has 144 valence electrons. The number of ether oxygens (including phenoxy) is 2. The third-order valence-corrected chi connectivity index (χ3v) is 4.55. The highest BCUT2D eigenvalue weighted by atomic mass is 16.5. The number of nitrogens with zero attached hydrogens (tertiary/aromatic N) is 4. The molecule has 4 rings (SSSR count). The number of aromatic nitrogens is 3. The van der Waals surface area contributed by atoms with Gasteiger partial charge in [0, 0.05) is 42.3 Å². The van der Waals surface area contributed by atoms with Gasteiger partial charge < -0.3 is 20.1 Å². The second-order valence-electron chi connectivity index (χ2n) is 6.44. The summed E-state index contributed by atoms with van der Waals surface area (Å²) in [6, 6.07) is 11.4. The summed E-state index contributed by atoms with van der Waals surface area (Å²) < 4.78 is 11.5. The van der Waals surface area contributed by atoms with Gasteiger partial charge in [-0.05, 0) is 43.3 Å². The molecule has 0 aliphatic carbocycles. The molecule has 2 N–H and O–H groups in total. The normalized spacial score (nSPS) is 14.1. The van der Waals surface area contributed by atoms with E-state index in [1.807, 2.05) is 43.3 Å². The third-order valence-electron chi connectivity index (χ3n) is 4.55. The number of hydrogen-bond acceptors (Lipinski definition) is 7. The molecule has 1 saturated heterocycles. The van der Waals surface area contributed by atoms with Gasteiger partial charge in [-0.2, -0.15) is 0 Å². The fourth-order valence-corrected chi connectivity index (χ4v) is 3.17. The molecule has 3 heterocycles. The summed E-state index contributed by atoms with van der Waals surface area (Å²) in [5, 5.41) is 0. The Balaban J connectivity index is 1.91. The van der Waals surface area contributed by atoms with Gasteiger partial charge in [0.2, 0.25) is 0 Å². The number of rotatable bonds is 5. The van der Waals surface area contributed by atoms with Crippen LogP contribution in [0, 0.1) is 0 Å². The van der Waals surface area contributed by atoms with Crippen LogP contribution in [-0.2, 0) is 4.74 Å². The van der Waals surface area contributed by atoms with Crippen LogP contribution in [0.2, 0.25) is 0 Å². The fourth-order valence-electron chi connectivity index (χ4n) is 3.17. The Kier molecular flexibility index (Phi) is 5.34. The van der Waals surface area contributed by atoms with E-state index in [0.29, 0.717) is 37.1 Å². The number of anilines is 2. The van der Waals surface area contributed by atoms with Gasteiger partial charge in [-0.15, -0.1) is 0 Å². The van der Waals surface area contributed by atoms with Crippen molar-refractivity contribution in [2.75, 3.05) is 43.5 Å². The van der Waals surface area contributed by atoms with E-state index in [9.17, 15) is 0 Å². The molecule has 0 unspecified atom stereocenters. The SMILES string of the molecule is CCOc1c(-c2cccnc2)nc(-c2ccc(N)cc2)nc1N1CCOCC1. The topological polar surface area (TPSA) is 86.4 Å². The van der Waals surface area contributed by atoms with Gasteiger partial charge >= 0.3 is 0 Å². The van der Waals surface area contributed by atoms with Crippen LogP contribution >= 0.6 is 0 Å². The standard InChI is InChI=1S/C21H23N5O2/c1-2-28-19-18(16-4-3-9-23-14-16)24-20(15-5-7-17(22)8-6-15)25-21(19)26-10-12-27-13-11-26/h3-9,14H,2,10-13,22H2,1H3. The van der Waals surface area contributed by atoms with Gasteiger partial charge in [0.1, 0.15) is 5.69 Å². The zero-order valence-electron chi connectivity index (χ0n) is 15.8. The molecule has 2 aromatic heterocycles. The molecule has 0 bridgehead atoms. The summed E-state index contributed by atoms with van der Waals surface area (Å²) >= 11 is 0. The fraction of sp³-hybridized carbons (Fsp3) is 0.286. The van der Waals surface area contributed by atoms with Crippen molar-refractivity contribution in [1.82, 2.24) is 15.0 Å². The lowest BCUT2D eigenvalue weighted by Gasteiger charge is -2.30. The Bertz CT molecular complexity index is 926. The van der Waals surface area contributed by atoms with Gasteiger partial charge in [0.05, 0.1) is 19.8 Å². The minimum absolute atomic E-state index is 0.523. The van der Waals surface area contributed by atoms with E-state index in [2.05, 4.69) is 9.88 Å². The van der Waals surface area contributed by atoms with Crippen molar-refractivity contribution in [2.24, 2.45) is 0 Å². The lowest BCUT2D eigenvalue weighted by atomic mass is 10.1. The van der Waals surface area contributed by atoms with Crippen LogP contribution in [-0.4, -0.2) is 47.9 Å². The molecule has 3 aromatic rings. The minimum Gasteiger partial charge on any atom is -0.488 e. The first-order valence-corrected chi connectivity index (χ1v) is 9.40. The molecule has 1 fully saturated rings. The molecule has 0 amide bonds. The number of pyridine rings is 1. The van der Waals surface area contributed by atoms with Crippen molar-refractivity contribution >= 4 is 11.5 Å². The zero-order valence-corrected chi connectivity index (χ0v) is 15.8. The number of nitrogen functional groups attached to an aromatic ring is 1. The molecule has 1 aliphatic rings. The van der Waals surface area contributed by atoms with E-state index in [1.54, 1.807) is 12.4 Å². The van der Waals surface area contributed by atoms with E-state index in [4.69, 9.17) is 25.2 Å². The molecule has 1 aromatic carbocycles. The third kappa shape index (κ3) is 3.75. The van der Waals surface area contributed by atoms with Crippen LogP contribution in [0.4, 0.5) is 11.5 Å².